The SMILES string of the molecule is CCOC(=O)N1CCN(C(=O)[C@H](CC(=O)OC(C)(C)C)NC(=O)c2cc(O[C@H](C)C(=O)O)c3ccc(C)cc3n2)CC1. The Labute approximate surface area is 244 Å². The number of piperazine rings is 1. The zero-order valence-corrected chi connectivity index (χ0v) is 24.8. The second-order valence-electron chi connectivity index (χ2n) is 11.0. The van der Waals surface area contributed by atoms with E-state index in [1.165, 1.54) is 22.8 Å². The number of carboxylic acid groups (broad SMARTS) is 1. The van der Waals surface area contributed by atoms with Gasteiger partial charge in [-0.05, 0) is 59.2 Å². The van der Waals surface area contributed by atoms with Gasteiger partial charge in [-0.25, -0.2) is 14.6 Å². The number of aliphatic carboxylic acids is 1. The number of pyridine rings is 1. The van der Waals surface area contributed by atoms with Crippen LogP contribution in [0.3, 0.4) is 0 Å². The predicted molar refractivity (Wildman–Crippen MR) is 151 cm³/mol. The minimum atomic E-state index is -1.29. The van der Waals surface area contributed by atoms with E-state index in [-0.39, 0.29) is 44.2 Å². The van der Waals surface area contributed by atoms with E-state index in [0.29, 0.717) is 10.9 Å². The standard InChI is InChI=1S/C29H38N4O9/c1-7-40-28(39)33-12-10-32(11-13-33)26(36)22(16-24(34)42-29(4,5)6)31-25(35)21-15-23(41-18(3)27(37)38)19-9-8-17(2)14-20(19)30-21/h8-9,14-15,18,22H,7,10-13,16H2,1-6H3,(H,31,35)(H,37,38)/t18-,22+/m1/s1. The first kappa shape index (κ1) is 32.1. The molecule has 1 saturated heterocycles. The summed E-state index contributed by atoms with van der Waals surface area (Å²) in [6.45, 7) is 11.0. The molecule has 228 valence electrons. The lowest BCUT2D eigenvalue weighted by Gasteiger charge is -2.36. The summed E-state index contributed by atoms with van der Waals surface area (Å²) in [5.74, 6) is -3.04. The molecule has 13 heteroatoms. The fourth-order valence-corrected chi connectivity index (χ4v) is 4.29. The van der Waals surface area contributed by atoms with Crippen molar-refractivity contribution < 1.29 is 43.3 Å². The number of hydrogen-bond acceptors (Lipinski definition) is 9. The van der Waals surface area contributed by atoms with Crippen LogP contribution in [0.2, 0.25) is 0 Å². The van der Waals surface area contributed by atoms with Gasteiger partial charge in [0.2, 0.25) is 5.91 Å². The monoisotopic (exact) mass is 586 g/mol. The van der Waals surface area contributed by atoms with Crippen LogP contribution in [0.4, 0.5) is 4.79 Å². The largest absolute Gasteiger partial charge is 0.479 e. The number of carbonyl (C=O) groups excluding carboxylic acids is 4. The molecule has 1 fully saturated rings. The van der Waals surface area contributed by atoms with Gasteiger partial charge in [-0.1, -0.05) is 6.07 Å². The van der Waals surface area contributed by atoms with E-state index < -0.39 is 54.0 Å². The molecule has 3 amide bonds. The van der Waals surface area contributed by atoms with Gasteiger partial charge in [-0.3, -0.25) is 14.4 Å². The number of aryl methyl sites for hydroxylation is 1. The summed E-state index contributed by atoms with van der Waals surface area (Å²) >= 11 is 0. The molecule has 1 aromatic heterocycles. The highest BCUT2D eigenvalue weighted by atomic mass is 16.6. The van der Waals surface area contributed by atoms with E-state index in [1.807, 2.05) is 6.92 Å². The van der Waals surface area contributed by atoms with Gasteiger partial charge in [0.15, 0.2) is 6.10 Å². The van der Waals surface area contributed by atoms with Crippen molar-refractivity contribution in [2.75, 3.05) is 32.8 Å². The Morgan fingerprint density at radius 1 is 1.05 bits per heavy atom. The van der Waals surface area contributed by atoms with Gasteiger partial charge in [0, 0.05) is 37.6 Å². The van der Waals surface area contributed by atoms with Gasteiger partial charge in [0.25, 0.3) is 5.91 Å². The predicted octanol–water partition coefficient (Wildman–Crippen LogP) is 2.53. The lowest BCUT2D eigenvalue weighted by atomic mass is 10.1. The lowest BCUT2D eigenvalue weighted by Crippen LogP contribution is -2.56. The molecule has 0 bridgehead atoms. The van der Waals surface area contributed by atoms with E-state index in [2.05, 4.69) is 10.3 Å². The second-order valence-corrected chi connectivity index (χ2v) is 11.0. The summed E-state index contributed by atoms with van der Waals surface area (Å²) in [5.41, 5.74) is 0.296. The molecular weight excluding hydrogens is 548 g/mol. The average Bonchev–Trinajstić information content (AvgIpc) is 2.91. The van der Waals surface area contributed by atoms with Crippen LogP contribution >= 0.6 is 0 Å². The number of fused-ring (bicyclic) bond motifs is 1. The molecule has 0 unspecified atom stereocenters. The van der Waals surface area contributed by atoms with Crippen LogP contribution in [0.15, 0.2) is 24.3 Å². The molecule has 42 heavy (non-hydrogen) atoms. The number of hydrogen-bond donors (Lipinski definition) is 2. The number of esters is 1. The number of nitrogens with one attached hydrogen (secondary N) is 1. The fraction of sp³-hybridized carbons (Fsp3) is 0.517. The van der Waals surface area contributed by atoms with Crippen LogP contribution in [-0.2, 0) is 23.9 Å². The third kappa shape index (κ3) is 8.54. The summed E-state index contributed by atoms with van der Waals surface area (Å²) in [4.78, 5) is 70.7. The van der Waals surface area contributed by atoms with E-state index in [0.717, 1.165) is 5.56 Å². The highest BCUT2D eigenvalue weighted by Crippen LogP contribution is 2.28. The van der Waals surface area contributed by atoms with Gasteiger partial charge in [0.1, 0.15) is 23.1 Å². The summed E-state index contributed by atoms with van der Waals surface area (Å²) < 4.78 is 16.1. The molecule has 1 aromatic carbocycles. The molecule has 0 radical (unpaired) electrons. The Hall–Kier alpha value is -4.42. The Morgan fingerprint density at radius 3 is 2.29 bits per heavy atom. The Balaban J connectivity index is 1.88. The van der Waals surface area contributed by atoms with Gasteiger partial charge >= 0.3 is 18.0 Å². The van der Waals surface area contributed by atoms with Crippen molar-refractivity contribution in [3.63, 3.8) is 0 Å². The molecule has 2 heterocycles. The van der Waals surface area contributed by atoms with Crippen LogP contribution in [0, 0.1) is 6.92 Å². The van der Waals surface area contributed by atoms with Crippen LogP contribution in [0.1, 0.15) is 57.1 Å². The number of carboxylic acids is 1. The number of nitrogens with zero attached hydrogens (tertiary/aromatic N) is 3. The van der Waals surface area contributed by atoms with Crippen molar-refractivity contribution in [1.29, 1.82) is 0 Å². The lowest BCUT2D eigenvalue weighted by molar-refractivity contribution is -0.157. The summed E-state index contributed by atoms with van der Waals surface area (Å²) in [7, 11) is 0. The smallest absolute Gasteiger partial charge is 0.409 e. The minimum absolute atomic E-state index is 0.130. The van der Waals surface area contributed by atoms with Crippen molar-refractivity contribution in [3.8, 4) is 5.75 Å². The van der Waals surface area contributed by atoms with E-state index in [1.54, 1.807) is 45.9 Å². The van der Waals surface area contributed by atoms with E-state index in [9.17, 15) is 29.1 Å². The number of rotatable bonds is 9. The number of aromatic nitrogens is 1. The summed E-state index contributed by atoms with van der Waals surface area (Å²) in [6.07, 6.45) is -2.12. The van der Waals surface area contributed by atoms with Crippen molar-refractivity contribution in [2.45, 2.75) is 65.7 Å². The molecule has 13 nitrogen and oxygen atoms in total. The molecule has 3 rings (SSSR count). The first-order chi connectivity index (χ1) is 19.7. The van der Waals surface area contributed by atoms with Crippen molar-refractivity contribution in [3.05, 3.63) is 35.5 Å². The third-order valence-corrected chi connectivity index (χ3v) is 6.32. The molecule has 0 spiro atoms. The van der Waals surface area contributed by atoms with Crippen LogP contribution < -0.4 is 10.1 Å². The maximum atomic E-state index is 13.6. The zero-order valence-electron chi connectivity index (χ0n) is 24.8. The number of benzene rings is 1. The highest BCUT2D eigenvalue weighted by Gasteiger charge is 2.33. The van der Waals surface area contributed by atoms with Gasteiger partial charge in [0.05, 0.1) is 18.5 Å². The molecule has 0 saturated carbocycles. The molecule has 2 aromatic rings. The highest BCUT2D eigenvalue weighted by molar-refractivity contribution is 6.00. The first-order valence-corrected chi connectivity index (χ1v) is 13.7. The van der Waals surface area contributed by atoms with Gasteiger partial charge in [-0.2, -0.15) is 0 Å². The first-order valence-electron chi connectivity index (χ1n) is 13.7. The number of ether oxygens (including phenoxy) is 3. The molecule has 1 aliphatic rings. The molecular formula is C29H38N4O9. The Morgan fingerprint density at radius 2 is 1.69 bits per heavy atom. The van der Waals surface area contributed by atoms with Gasteiger partial charge in [-0.15, -0.1) is 0 Å². The maximum absolute atomic E-state index is 13.6. The number of carbonyl (C=O) groups is 5. The van der Waals surface area contributed by atoms with Crippen molar-refractivity contribution in [1.82, 2.24) is 20.1 Å². The Kier molecular flexibility index (Phi) is 10.3. The molecule has 2 atom stereocenters. The summed E-state index contributed by atoms with van der Waals surface area (Å²) in [5, 5.41) is 12.5. The minimum Gasteiger partial charge on any atom is -0.479 e. The van der Waals surface area contributed by atoms with Crippen LogP contribution in [0.5, 0.6) is 5.75 Å². The average molecular weight is 587 g/mol. The second kappa shape index (κ2) is 13.5. The zero-order chi connectivity index (χ0) is 31.2. The normalized spacial score (nSPS) is 15.0. The molecule has 1 aliphatic heterocycles. The molecule has 2 N–H and O–H groups in total. The van der Waals surface area contributed by atoms with E-state index in [4.69, 9.17) is 14.2 Å². The van der Waals surface area contributed by atoms with E-state index >= 15 is 0 Å². The molecule has 0 aliphatic carbocycles. The van der Waals surface area contributed by atoms with Gasteiger partial charge < -0.3 is 34.4 Å². The fourth-order valence-electron chi connectivity index (χ4n) is 4.29. The van der Waals surface area contributed by atoms with Crippen molar-refractivity contribution in [2.24, 2.45) is 0 Å². The maximum Gasteiger partial charge on any atom is 0.409 e. The van der Waals surface area contributed by atoms with Crippen molar-refractivity contribution >= 4 is 40.7 Å². The Bertz CT molecular complexity index is 1350. The van der Waals surface area contributed by atoms with Crippen LogP contribution in [-0.4, -0.2) is 100 Å². The third-order valence-electron chi connectivity index (χ3n) is 6.32. The van der Waals surface area contributed by atoms with Crippen LogP contribution in [0.25, 0.3) is 10.9 Å². The quantitative estimate of drug-likeness (QED) is 0.417. The topological polar surface area (TPSA) is 165 Å². The summed E-state index contributed by atoms with van der Waals surface area (Å²) in [6, 6.07) is 5.25. The number of amides is 3.